The van der Waals surface area contributed by atoms with Gasteiger partial charge in [0.25, 0.3) is 0 Å². The first kappa shape index (κ1) is 14.5. The van der Waals surface area contributed by atoms with Gasteiger partial charge in [0.2, 0.25) is 5.88 Å². The van der Waals surface area contributed by atoms with Gasteiger partial charge in [0.1, 0.15) is 0 Å². The zero-order valence-electron chi connectivity index (χ0n) is 11.3. The van der Waals surface area contributed by atoms with Gasteiger partial charge in [0.15, 0.2) is 5.13 Å². The standard InChI is InChI=1S/C12H18N2O3S/c1-6-17-11(15)8(2)7-9-10(16-5)13-12(18-9)14(3)4/h7H,6H2,1-5H3. The predicted octanol–water partition coefficient (Wildman–Crippen LogP) is 2.18. The van der Waals surface area contributed by atoms with Crippen LogP contribution >= 0.6 is 11.3 Å². The number of hydrogen-bond acceptors (Lipinski definition) is 6. The van der Waals surface area contributed by atoms with Crippen molar-refractivity contribution in [1.29, 1.82) is 0 Å². The molecule has 1 aromatic rings. The van der Waals surface area contributed by atoms with E-state index in [0.717, 1.165) is 10.0 Å². The molecule has 0 amide bonds. The third-order valence-electron chi connectivity index (χ3n) is 2.13. The van der Waals surface area contributed by atoms with Crippen molar-refractivity contribution in [2.24, 2.45) is 0 Å². The normalized spacial score (nSPS) is 11.3. The molecule has 100 valence electrons. The first-order valence-corrected chi connectivity index (χ1v) is 6.38. The second-order valence-corrected chi connectivity index (χ2v) is 4.82. The number of anilines is 1. The zero-order valence-corrected chi connectivity index (χ0v) is 12.1. The van der Waals surface area contributed by atoms with Crippen LogP contribution < -0.4 is 9.64 Å². The maximum absolute atomic E-state index is 11.5. The minimum Gasteiger partial charge on any atom is -0.480 e. The molecular weight excluding hydrogens is 252 g/mol. The Hall–Kier alpha value is -1.56. The van der Waals surface area contributed by atoms with E-state index in [1.165, 1.54) is 11.3 Å². The second kappa shape index (κ2) is 6.39. The highest BCUT2D eigenvalue weighted by Crippen LogP contribution is 2.32. The number of hydrogen-bond donors (Lipinski definition) is 0. The average molecular weight is 270 g/mol. The van der Waals surface area contributed by atoms with Gasteiger partial charge < -0.3 is 14.4 Å². The van der Waals surface area contributed by atoms with Gasteiger partial charge in [-0.1, -0.05) is 11.3 Å². The Labute approximate surface area is 111 Å². The molecule has 0 saturated heterocycles. The van der Waals surface area contributed by atoms with Crippen LogP contribution in [0.25, 0.3) is 6.08 Å². The maximum atomic E-state index is 11.5. The summed E-state index contributed by atoms with van der Waals surface area (Å²) < 4.78 is 10.1. The van der Waals surface area contributed by atoms with Crippen molar-refractivity contribution in [3.05, 3.63) is 10.5 Å². The SMILES string of the molecule is CCOC(=O)C(C)=Cc1sc(N(C)C)nc1OC. The highest BCUT2D eigenvalue weighted by atomic mass is 32.1. The Balaban J connectivity index is 3.01. The molecular formula is C12H18N2O3S. The molecule has 0 spiro atoms. The largest absolute Gasteiger partial charge is 0.480 e. The van der Waals surface area contributed by atoms with E-state index in [9.17, 15) is 4.79 Å². The number of thiazole rings is 1. The average Bonchev–Trinajstić information content (AvgIpc) is 2.72. The predicted molar refractivity (Wildman–Crippen MR) is 73.3 cm³/mol. The van der Waals surface area contributed by atoms with E-state index in [0.29, 0.717) is 18.1 Å². The van der Waals surface area contributed by atoms with Crippen molar-refractivity contribution in [2.45, 2.75) is 13.8 Å². The molecule has 0 radical (unpaired) electrons. The zero-order chi connectivity index (χ0) is 13.7. The molecule has 18 heavy (non-hydrogen) atoms. The van der Waals surface area contributed by atoms with Gasteiger partial charge in [-0.3, -0.25) is 0 Å². The molecule has 0 bridgehead atoms. The number of aromatic nitrogens is 1. The van der Waals surface area contributed by atoms with Crippen molar-refractivity contribution >= 4 is 28.5 Å². The van der Waals surface area contributed by atoms with E-state index in [2.05, 4.69) is 4.98 Å². The summed E-state index contributed by atoms with van der Waals surface area (Å²) in [5, 5.41) is 0.828. The molecule has 1 aromatic heterocycles. The van der Waals surface area contributed by atoms with Crippen LogP contribution in [-0.2, 0) is 9.53 Å². The first-order valence-electron chi connectivity index (χ1n) is 5.57. The van der Waals surface area contributed by atoms with Crippen LogP contribution in [0, 0.1) is 0 Å². The molecule has 1 rings (SSSR count). The van der Waals surface area contributed by atoms with Gasteiger partial charge in [-0.2, -0.15) is 4.98 Å². The molecule has 0 aliphatic rings. The number of rotatable bonds is 5. The number of esters is 1. The Kier molecular flexibility index (Phi) is 5.15. The van der Waals surface area contributed by atoms with Crippen molar-refractivity contribution in [1.82, 2.24) is 4.98 Å². The molecule has 0 N–H and O–H groups in total. The Bertz CT molecular complexity index is 452. The summed E-state index contributed by atoms with van der Waals surface area (Å²) in [5.41, 5.74) is 0.532. The van der Waals surface area contributed by atoms with Gasteiger partial charge >= 0.3 is 5.97 Å². The molecule has 0 fully saturated rings. The molecule has 0 aliphatic carbocycles. The molecule has 0 aromatic carbocycles. The number of methoxy groups -OCH3 is 1. The van der Waals surface area contributed by atoms with Crippen LogP contribution in [0.2, 0.25) is 0 Å². The van der Waals surface area contributed by atoms with Crippen LogP contribution in [0.4, 0.5) is 5.13 Å². The van der Waals surface area contributed by atoms with Gasteiger partial charge in [0, 0.05) is 19.7 Å². The summed E-state index contributed by atoms with van der Waals surface area (Å²) in [4.78, 5) is 18.5. The van der Waals surface area contributed by atoms with Gasteiger partial charge in [-0.05, 0) is 19.9 Å². The van der Waals surface area contributed by atoms with Crippen molar-refractivity contribution in [3.63, 3.8) is 0 Å². The molecule has 0 aliphatic heterocycles. The summed E-state index contributed by atoms with van der Waals surface area (Å²) in [6.45, 7) is 3.86. The fraction of sp³-hybridized carbons (Fsp3) is 0.500. The molecule has 0 unspecified atom stereocenters. The lowest BCUT2D eigenvalue weighted by atomic mass is 10.2. The molecule has 5 nitrogen and oxygen atoms in total. The van der Waals surface area contributed by atoms with Crippen molar-refractivity contribution < 1.29 is 14.3 Å². The van der Waals surface area contributed by atoms with Crippen molar-refractivity contribution in [2.75, 3.05) is 32.7 Å². The lowest BCUT2D eigenvalue weighted by Gasteiger charge is -2.04. The van der Waals surface area contributed by atoms with Crippen LogP contribution in [0.3, 0.4) is 0 Å². The van der Waals surface area contributed by atoms with E-state index in [4.69, 9.17) is 9.47 Å². The monoisotopic (exact) mass is 270 g/mol. The summed E-state index contributed by atoms with van der Waals surface area (Å²) in [5.74, 6) is 0.201. The third kappa shape index (κ3) is 3.46. The van der Waals surface area contributed by atoms with Crippen molar-refractivity contribution in [3.8, 4) is 5.88 Å². The Morgan fingerprint density at radius 2 is 2.17 bits per heavy atom. The Morgan fingerprint density at radius 3 is 2.67 bits per heavy atom. The second-order valence-electron chi connectivity index (χ2n) is 3.81. The van der Waals surface area contributed by atoms with Crippen LogP contribution in [0.15, 0.2) is 5.57 Å². The fourth-order valence-electron chi connectivity index (χ4n) is 1.24. The van der Waals surface area contributed by atoms with Gasteiger partial charge in [0.05, 0.1) is 18.6 Å². The lowest BCUT2D eigenvalue weighted by Crippen LogP contribution is -2.07. The van der Waals surface area contributed by atoms with E-state index >= 15 is 0 Å². The molecule has 6 heteroatoms. The minimum absolute atomic E-state index is 0.320. The Morgan fingerprint density at radius 1 is 1.50 bits per heavy atom. The first-order chi connectivity index (χ1) is 8.49. The van der Waals surface area contributed by atoms with Crippen LogP contribution in [0.5, 0.6) is 5.88 Å². The number of carbonyl (C=O) groups is 1. The smallest absolute Gasteiger partial charge is 0.333 e. The van der Waals surface area contributed by atoms with E-state index < -0.39 is 0 Å². The molecule has 0 saturated carbocycles. The quantitative estimate of drug-likeness (QED) is 0.606. The summed E-state index contributed by atoms with van der Waals surface area (Å²) in [7, 11) is 5.37. The third-order valence-corrected chi connectivity index (χ3v) is 3.28. The molecule has 0 atom stereocenters. The fourth-order valence-corrected chi connectivity index (χ4v) is 2.20. The number of carbonyl (C=O) groups excluding carboxylic acids is 1. The number of nitrogens with zero attached hydrogens (tertiary/aromatic N) is 2. The van der Waals surface area contributed by atoms with E-state index in [1.807, 2.05) is 19.0 Å². The highest BCUT2D eigenvalue weighted by molar-refractivity contribution is 7.16. The summed E-state index contributed by atoms with van der Waals surface area (Å²) >= 11 is 1.46. The van der Waals surface area contributed by atoms with Crippen LogP contribution in [-0.4, -0.2) is 38.8 Å². The van der Waals surface area contributed by atoms with Gasteiger partial charge in [-0.25, -0.2) is 4.79 Å². The number of ether oxygens (including phenoxy) is 2. The topological polar surface area (TPSA) is 51.7 Å². The summed E-state index contributed by atoms with van der Waals surface area (Å²) in [6, 6.07) is 0. The van der Waals surface area contributed by atoms with Gasteiger partial charge in [-0.15, -0.1) is 0 Å². The maximum Gasteiger partial charge on any atom is 0.333 e. The summed E-state index contributed by atoms with van der Waals surface area (Å²) in [6.07, 6.45) is 1.74. The lowest BCUT2D eigenvalue weighted by molar-refractivity contribution is -0.138. The highest BCUT2D eigenvalue weighted by Gasteiger charge is 2.13. The van der Waals surface area contributed by atoms with Crippen LogP contribution in [0.1, 0.15) is 18.7 Å². The molecule has 1 heterocycles. The van der Waals surface area contributed by atoms with E-state index in [-0.39, 0.29) is 5.97 Å². The van der Waals surface area contributed by atoms with E-state index in [1.54, 1.807) is 27.0 Å². The minimum atomic E-state index is -0.320.